The first kappa shape index (κ1) is 15.7. The van der Waals surface area contributed by atoms with E-state index in [4.69, 9.17) is 15.0 Å². The Bertz CT molecular complexity index is 560. The van der Waals surface area contributed by atoms with Crippen LogP contribution in [0.2, 0.25) is 0 Å². The zero-order valence-electron chi connectivity index (χ0n) is 12.5. The number of nitrogens with two attached hydrogens (primary N) is 1. The van der Waals surface area contributed by atoms with Crippen LogP contribution in [0.3, 0.4) is 0 Å². The molecule has 0 saturated carbocycles. The van der Waals surface area contributed by atoms with Crippen molar-refractivity contribution < 1.29 is 19.3 Å². The molecule has 0 aromatic heterocycles. The van der Waals surface area contributed by atoms with Gasteiger partial charge in [-0.1, -0.05) is 6.07 Å². The minimum atomic E-state index is -0.709. The van der Waals surface area contributed by atoms with Crippen LogP contribution in [0.5, 0.6) is 5.75 Å². The van der Waals surface area contributed by atoms with Gasteiger partial charge in [0.25, 0.3) is 0 Å². The monoisotopic (exact) mass is 294 g/mol. The third-order valence-electron chi connectivity index (χ3n) is 4.15. The summed E-state index contributed by atoms with van der Waals surface area (Å²) in [6, 6.07) is 4.02. The van der Waals surface area contributed by atoms with Crippen molar-refractivity contribution in [3.63, 3.8) is 0 Å². The molecule has 1 aliphatic rings. The van der Waals surface area contributed by atoms with Crippen molar-refractivity contribution in [3.05, 3.63) is 33.9 Å². The van der Waals surface area contributed by atoms with Gasteiger partial charge < -0.3 is 20.1 Å². The maximum absolute atomic E-state index is 10.9. The summed E-state index contributed by atoms with van der Waals surface area (Å²) in [7, 11) is -0.709. The van der Waals surface area contributed by atoms with Crippen LogP contribution in [0.15, 0.2) is 18.2 Å². The summed E-state index contributed by atoms with van der Waals surface area (Å²) in [4.78, 5) is 10.2. The second-order valence-corrected chi connectivity index (χ2v) is 6.16. The fourth-order valence-electron chi connectivity index (χ4n) is 2.09. The minimum absolute atomic E-state index is 0.389. The van der Waals surface area contributed by atoms with Crippen molar-refractivity contribution in [2.75, 3.05) is 0 Å². The number of phenols is 1. The molecule has 0 aliphatic carbocycles. The molecule has 1 aliphatic heterocycles. The molecule has 21 heavy (non-hydrogen) atoms. The second kappa shape index (κ2) is 4.97. The molecule has 7 nitrogen and oxygen atoms in total. The van der Waals surface area contributed by atoms with E-state index in [-0.39, 0.29) is 5.69 Å². The largest absolute Gasteiger partial charge is 0.502 e. The molecule has 0 radical (unpaired) electrons. The number of hydrogen-bond donors (Lipinski definition) is 2. The van der Waals surface area contributed by atoms with Crippen LogP contribution in [0.4, 0.5) is 5.69 Å². The molecule has 114 valence electrons. The summed E-state index contributed by atoms with van der Waals surface area (Å²) in [6.45, 7) is 7.61. The molecule has 0 bridgehead atoms. The minimum Gasteiger partial charge on any atom is -0.502 e. The molecule has 1 heterocycles. The van der Waals surface area contributed by atoms with Crippen LogP contribution in [0.1, 0.15) is 39.2 Å². The van der Waals surface area contributed by atoms with Gasteiger partial charge in [0.1, 0.15) is 0 Å². The fraction of sp³-hybridized carbons (Fsp3) is 0.538. The third kappa shape index (κ3) is 2.74. The Balaban J connectivity index is 2.28. The summed E-state index contributed by atoms with van der Waals surface area (Å²) in [5, 5.41) is 20.3. The summed E-state index contributed by atoms with van der Waals surface area (Å²) in [5.74, 6) is -1.09. The van der Waals surface area contributed by atoms with E-state index in [0.29, 0.717) is 5.56 Å². The molecule has 0 unspecified atom stereocenters. The first-order valence-electron chi connectivity index (χ1n) is 6.64. The van der Waals surface area contributed by atoms with Gasteiger partial charge in [-0.2, -0.15) is 0 Å². The molecule has 1 aromatic carbocycles. The zero-order valence-corrected chi connectivity index (χ0v) is 12.5. The van der Waals surface area contributed by atoms with Crippen molar-refractivity contribution in [2.45, 2.75) is 44.8 Å². The number of aromatic hydroxyl groups is 1. The van der Waals surface area contributed by atoms with Gasteiger partial charge in [-0.25, -0.2) is 0 Å². The van der Waals surface area contributed by atoms with E-state index < -0.39 is 34.9 Å². The maximum Gasteiger partial charge on any atom is 0.480 e. The van der Waals surface area contributed by atoms with Crippen molar-refractivity contribution in [2.24, 2.45) is 5.73 Å². The molecular weight excluding hydrogens is 275 g/mol. The predicted octanol–water partition coefficient (Wildman–Crippen LogP) is 1.93. The fourth-order valence-corrected chi connectivity index (χ4v) is 2.09. The average molecular weight is 294 g/mol. The highest BCUT2D eigenvalue weighted by Crippen LogP contribution is 2.40. The van der Waals surface area contributed by atoms with Crippen LogP contribution in [0.25, 0.3) is 0 Å². The van der Waals surface area contributed by atoms with Crippen LogP contribution < -0.4 is 5.73 Å². The van der Waals surface area contributed by atoms with Gasteiger partial charge in [0.2, 0.25) is 0 Å². The molecule has 0 amide bonds. The van der Waals surface area contributed by atoms with Crippen LogP contribution in [-0.4, -0.2) is 28.4 Å². The average Bonchev–Trinajstić information content (AvgIpc) is 2.58. The van der Waals surface area contributed by atoms with Crippen molar-refractivity contribution >= 4 is 12.8 Å². The zero-order chi connectivity index (χ0) is 16.0. The first-order chi connectivity index (χ1) is 9.55. The quantitative estimate of drug-likeness (QED) is 0.501. The highest BCUT2D eigenvalue weighted by molar-refractivity contribution is 6.47. The molecular formula is C13H19BN2O5. The van der Waals surface area contributed by atoms with E-state index in [0.717, 1.165) is 0 Å². The topological polar surface area (TPSA) is 108 Å². The number of phenolic OH excluding ortho intramolecular Hbond substituents is 1. The van der Waals surface area contributed by atoms with Crippen molar-refractivity contribution in [1.82, 2.24) is 0 Å². The SMILES string of the molecule is CC1(C)OB([C@H](N)c2ccc(O)c([N+](=O)[O-])c2)OC1(C)C. The molecule has 1 fully saturated rings. The van der Waals surface area contributed by atoms with E-state index in [1.165, 1.54) is 18.2 Å². The Morgan fingerprint density at radius 2 is 1.81 bits per heavy atom. The second-order valence-electron chi connectivity index (χ2n) is 6.16. The molecule has 1 aromatic rings. The van der Waals surface area contributed by atoms with Gasteiger partial charge >= 0.3 is 12.8 Å². The smallest absolute Gasteiger partial charge is 0.480 e. The molecule has 0 spiro atoms. The summed E-state index contributed by atoms with van der Waals surface area (Å²) in [6.07, 6.45) is 0. The normalized spacial score (nSPS) is 21.3. The van der Waals surface area contributed by atoms with Gasteiger partial charge in [0, 0.05) is 6.07 Å². The Labute approximate surface area is 123 Å². The first-order valence-corrected chi connectivity index (χ1v) is 6.64. The number of nitro groups is 1. The van der Waals surface area contributed by atoms with E-state index >= 15 is 0 Å². The van der Waals surface area contributed by atoms with E-state index in [1.807, 2.05) is 27.7 Å². The number of benzene rings is 1. The lowest BCUT2D eigenvalue weighted by atomic mass is 9.75. The van der Waals surface area contributed by atoms with Gasteiger partial charge in [-0.3, -0.25) is 10.1 Å². The highest BCUT2D eigenvalue weighted by Gasteiger charge is 2.53. The standard InChI is InChI=1S/C13H19BN2O5/c1-12(2)13(3,4)21-14(20-12)11(15)8-5-6-10(17)9(7-8)16(18)19/h5-7,11,17H,15H2,1-4H3/t11-/m1/s1. The molecule has 8 heteroatoms. The lowest BCUT2D eigenvalue weighted by Crippen LogP contribution is -2.41. The Morgan fingerprint density at radius 3 is 2.29 bits per heavy atom. The van der Waals surface area contributed by atoms with E-state index in [2.05, 4.69) is 0 Å². The lowest BCUT2D eigenvalue weighted by molar-refractivity contribution is -0.385. The van der Waals surface area contributed by atoms with Gasteiger partial charge in [-0.15, -0.1) is 0 Å². The van der Waals surface area contributed by atoms with Gasteiger partial charge in [0.15, 0.2) is 5.75 Å². The number of hydrogen-bond acceptors (Lipinski definition) is 6. The molecule has 2 rings (SSSR count). The highest BCUT2D eigenvalue weighted by atomic mass is 16.7. The number of rotatable bonds is 3. The van der Waals surface area contributed by atoms with Gasteiger partial charge in [0.05, 0.1) is 22.1 Å². The Morgan fingerprint density at radius 1 is 1.29 bits per heavy atom. The van der Waals surface area contributed by atoms with Crippen molar-refractivity contribution in [3.8, 4) is 5.75 Å². The van der Waals surface area contributed by atoms with Crippen LogP contribution >= 0.6 is 0 Å². The number of nitrogens with zero attached hydrogens (tertiary/aromatic N) is 1. The van der Waals surface area contributed by atoms with E-state index in [9.17, 15) is 15.2 Å². The molecule has 1 atom stereocenters. The van der Waals surface area contributed by atoms with Crippen molar-refractivity contribution in [1.29, 1.82) is 0 Å². The van der Waals surface area contributed by atoms with Crippen LogP contribution in [-0.2, 0) is 9.31 Å². The van der Waals surface area contributed by atoms with E-state index in [1.54, 1.807) is 0 Å². The summed E-state index contributed by atoms with van der Waals surface area (Å²) < 4.78 is 11.7. The summed E-state index contributed by atoms with van der Waals surface area (Å²) in [5.41, 5.74) is 5.13. The molecule has 3 N–H and O–H groups in total. The van der Waals surface area contributed by atoms with Crippen LogP contribution in [0, 0.1) is 10.1 Å². The molecule has 1 saturated heterocycles. The maximum atomic E-state index is 10.9. The lowest BCUT2D eigenvalue weighted by Gasteiger charge is -2.32. The number of nitro benzene ring substituents is 1. The Kier molecular flexibility index (Phi) is 3.73. The predicted molar refractivity (Wildman–Crippen MR) is 77.8 cm³/mol. The van der Waals surface area contributed by atoms with Gasteiger partial charge in [-0.05, 0) is 39.3 Å². The third-order valence-corrected chi connectivity index (χ3v) is 4.15. The Hall–Kier alpha value is -1.64. The summed E-state index contributed by atoms with van der Waals surface area (Å²) >= 11 is 0.